The van der Waals surface area contributed by atoms with Gasteiger partial charge in [0.05, 0.1) is 17.0 Å². The van der Waals surface area contributed by atoms with E-state index >= 15 is 0 Å². The number of fused-ring (bicyclic) bond motifs is 4. The van der Waals surface area contributed by atoms with Crippen LogP contribution in [0.25, 0.3) is 6.08 Å². The lowest BCUT2D eigenvalue weighted by molar-refractivity contribution is -0.228. The lowest BCUT2D eigenvalue weighted by Crippen LogP contribution is -2.77. The third kappa shape index (κ3) is 2.37. The molecule has 0 radical (unpaired) electrons. The molecule has 35 heavy (non-hydrogen) atoms. The lowest BCUT2D eigenvalue weighted by atomic mass is 9.70. The summed E-state index contributed by atoms with van der Waals surface area (Å²) in [5.74, 6) is -1.38. The minimum absolute atomic E-state index is 0.0510. The van der Waals surface area contributed by atoms with E-state index in [0.717, 1.165) is 11.1 Å². The zero-order valence-corrected chi connectivity index (χ0v) is 19.0. The van der Waals surface area contributed by atoms with Crippen LogP contribution in [0.3, 0.4) is 0 Å². The number of amidine groups is 1. The second-order valence-electron chi connectivity index (χ2n) is 9.13. The summed E-state index contributed by atoms with van der Waals surface area (Å²) in [7, 11) is -4.00. The van der Waals surface area contributed by atoms with Crippen molar-refractivity contribution in [1.29, 1.82) is 0 Å². The summed E-state index contributed by atoms with van der Waals surface area (Å²) in [6.45, 7) is 0. The number of nitrogens with zero attached hydrogens (tertiary/aromatic N) is 3. The van der Waals surface area contributed by atoms with Gasteiger partial charge < -0.3 is 10.5 Å². The molecule has 4 atom stereocenters. The Bertz CT molecular complexity index is 1580. The summed E-state index contributed by atoms with van der Waals surface area (Å²) in [4.78, 5) is 35.9. The number of β-lactam (4-membered cyclic amide) rings is 1. The van der Waals surface area contributed by atoms with Gasteiger partial charge >= 0.3 is 5.97 Å². The molecule has 2 aromatic rings. The first-order valence-corrected chi connectivity index (χ1v) is 12.6. The molecule has 1 aliphatic carbocycles. The number of hydrogen-bond donors (Lipinski definition) is 1. The molecule has 0 aromatic heterocycles. The molecule has 1 spiro atoms. The largest absolute Gasteiger partial charge is 0.434 e. The van der Waals surface area contributed by atoms with Crippen molar-refractivity contribution in [3.05, 3.63) is 83.1 Å². The maximum atomic E-state index is 13.5. The molecule has 4 aliphatic heterocycles. The van der Waals surface area contributed by atoms with Crippen molar-refractivity contribution in [2.24, 2.45) is 15.7 Å². The molecular formula is C25H18N4O5S. The Morgan fingerprint density at radius 1 is 1.11 bits per heavy atom. The Balaban J connectivity index is 1.29. The van der Waals surface area contributed by atoms with Crippen LogP contribution in [-0.2, 0) is 29.7 Å². The highest BCUT2D eigenvalue weighted by Crippen LogP contribution is 2.55. The van der Waals surface area contributed by atoms with E-state index in [-0.39, 0.29) is 4.90 Å². The van der Waals surface area contributed by atoms with Gasteiger partial charge in [0.2, 0.25) is 11.6 Å². The summed E-state index contributed by atoms with van der Waals surface area (Å²) in [6, 6.07) is 13.3. The highest BCUT2D eigenvalue weighted by molar-refractivity contribution is 7.92. The van der Waals surface area contributed by atoms with E-state index in [2.05, 4.69) is 9.98 Å². The number of amides is 1. The summed E-state index contributed by atoms with van der Waals surface area (Å²) in [5, 5.41) is -1.34. The van der Waals surface area contributed by atoms with Crippen LogP contribution in [0.2, 0.25) is 0 Å². The van der Waals surface area contributed by atoms with Crippen molar-refractivity contribution in [1.82, 2.24) is 4.90 Å². The molecule has 5 aliphatic rings. The molecule has 0 saturated carbocycles. The molecule has 2 saturated heterocycles. The topological polar surface area (TPSA) is 131 Å². The number of esters is 1. The minimum atomic E-state index is -4.00. The molecule has 2 N–H and O–H groups in total. The van der Waals surface area contributed by atoms with Crippen molar-refractivity contribution in [2.75, 3.05) is 0 Å². The molecule has 174 valence electrons. The highest BCUT2D eigenvalue weighted by Gasteiger charge is 2.70. The summed E-state index contributed by atoms with van der Waals surface area (Å²) in [5.41, 5.74) is 7.10. The van der Waals surface area contributed by atoms with E-state index in [0.29, 0.717) is 17.1 Å². The summed E-state index contributed by atoms with van der Waals surface area (Å²) >= 11 is 0. The normalized spacial score (nSPS) is 31.7. The maximum absolute atomic E-state index is 13.5. The van der Waals surface area contributed by atoms with Crippen molar-refractivity contribution >= 4 is 39.8 Å². The Hall–Kier alpha value is -3.89. The van der Waals surface area contributed by atoms with Crippen LogP contribution in [0.15, 0.2) is 81.3 Å². The Morgan fingerprint density at radius 3 is 2.63 bits per heavy atom. The number of carbonyl (C=O) groups is 2. The van der Waals surface area contributed by atoms with E-state index in [1.807, 2.05) is 12.1 Å². The number of ether oxygens (including phenoxy) is 1. The molecule has 2 fully saturated rings. The highest BCUT2D eigenvalue weighted by atomic mass is 32.2. The molecule has 9 nitrogen and oxygen atoms in total. The van der Waals surface area contributed by atoms with Crippen LogP contribution in [0.4, 0.5) is 0 Å². The molecule has 7 rings (SSSR count). The van der Waals surface area contributed by atoms with Crippen molar-refractivity contribution in [3.8, 4) is 0 Å². The van der Waals surface area contributed by atoms with E-state index < -0.39 is 50.7 Å². The van der Waals surface area contributed by atoms with Gasteiger partial charge in [0, 0.05) is 6.21 Å². The second-order valence-corrected chi connectivity index (χ2v) is 11.2. The predicted octanol–water partition coefficient (Wildman–Crippen LogP) is 1.62. The minimum Gasteiger partial charge on any atom is -0.434 e. The fourth-order valence-corrected chi connectivity index (χ4v) is 7.37. The SMILES string of the molecule is NC1(c2ccc3c(c2)C=C[C@@]24OC(=O)CC(S(=O)(=O)c5ccccc5)N2C(=O)C34)C2=CC=NC1=N2. The van der Waals surface area contributed by atoms with Gasteiger partial charge in [0.25, 0.3) is 0 Å². The fraction of sp³-hybridized carbons (Fsp3) is 0.200. The third-order valence-electron chi connectivity index (χ3n) is 7.38. The van der Waals surface area contributed by atoms with E-state index in [9.17, 15) is 18.0 Å². The molecule has 4 heterocycles. The number of hydrogen-bond acceptors (Lipinski definition) is 8. The third-order valence-corrected chi connectivity index (χ3v) is 9.40. The first-order valence-electron chi connectivity index (χ1n) is 11.1. The summed E-state index contributed by atoms with van der Waals surface area (Å²) < 4.78 is 32.5. The number of benzene rings is 2. The number of nitrogens with two attached hydrogens (primary N) is 1. The zero-order chi connectivity index (χ0) is 24.2. The first-order chi connectivity index (χ1) is 16.8. The van der Waals surface area contributed by atoms with Gasteiger partial charge in [-0.05, 0) is 47.0 Å². The quantitative estimate of drug-likeness (QED) is 0.518. The second kappa shape index (κ2) is 6.41. The number of allylic oxidation sites excluding steroid dienone is 1. The zero-order valence-electron chi connectivity index (χ0n) is 18.2. The average molecular weight is 487 g/mol. The van der Waals surface area contributed by atoms with Crippen LogP contribution in [0, 0.1) is 0 Å². The van der Waals surface area contributed by atoms with E-state index in [1.165, 1.54) is 17.0 Å². The van der Waals surface area contributed by atoms with Crippen LogP contribution in [-0.4, -0.2) is 48.3 Å². The van der Waals surface area contributed by atoms with Gasteiger partial charge in [-0.25, -0.2) is 18.4 Å². The van der Waals surface area contributed by atoms with Crippen molar-refractivity contribution < 1.29 is 22.7 Å². The van der Waals surface area contributed by atoms with Crippen LogP contribution < -0.4 is 5.73 Å². The predicted molar refractivity (Wildman–Crippen MR) is 126 cm³/mol. The van der Waals surface area contributed by atoms with E-state index in [1.54, 1.807) is 48.7 Å². The Morgan fingerprint density at radius 2 is 1.91 bits per heavy atom. The molecule has 2 bridgehead atoms. The van der Waals surface area contributed by atoms with Gasteiger partial charge in [-0.3, -0.25) is 14.5 Å². The maximum Gasteiger partial charge on any atom is 0.311 e. The van der Waals surface area contributed by atoms with Crippen LogP contribution >= 0.6 is 0 Å². The van der Waals surface area contributed by atoms with Crippen LogP contribution in [0.1, 0.15) is 29.0 Å². The van der Waals surface area contributed by atoms with Gasteiger partial charge in [0.1, 0.15) is 11.5 Å². The Kier molecular flexibility index (Phi) is 3.75. The number of carbonyl (C=O) groups excluding carboxylic acids is 2. The van der Waals surface area contributed by atoms with Gasteiger partial charge in [0.15, 0.2) is 21.0 Å². The smallest absolute Gasteiger partial charge is 0.311 e. The lowest BCUT2D eigenvalue weighted by Gasteiger charge is -2.60. The summed E-state index contributed by atoms with van der Waals surface area (Å²) in [6.07, 6.45) is 6.35. The molecule has 2 aromatic carbocycles. The molecule has 10 heteroatoms. The van der Waals surface area contributed by atoms with E-state index in [4.69, 9.17) is 10.5 Å². The first kappa shape index (κ1) is 20.5. The Labute approximate surface area is 200 Å². The van der Waals surface area contributed by atoms with Gasteiger partial charge in [-0.15, -0.1) is 0 Å². The average Bonchev–Trinajstić information content (AvgIpc) is 2.87. The van der Waals surface area contributed by atoms with Crippen LogP contribution in [0.5, 0.6) is 0 Å². The number of dihydropyridines is 1. The number of sulfone groups is 1. The fourth-order valence-electron chi connectivity index (χ4n) is 5.62. The standard InChI is InChI=1S/C25H18N4O5S/c26-25(18-9-11-27-23(25)28-18)15-6-7-17-14(12-15)8-10-24-21(17)22(31)29(24)19(13-20(30)34-24)35(32,33)16-4-2-1-3-5-16/h1-12,19,21H,13,26H2/t19?,21?,24-,25?/m0/s1. The van der Waals surface area contributed by atoms with Gasteiger partial charge in [-0.1, -0.05) is 36.4 Å². The van der Waals surface area contributed by atoms with Crippen molar-refractivity contribution in [3.63, 3.8) is 0 Å². The van der Waals surface area contributed by atoms with Crippen molar-refractivity contribution in [2.45, 2.75) is 33.9 Å². The number of aliphatic imine (C=N–C) groups is 2. The van der Waals surface area contributed by atoms with Gasteiger partial charge in [-0.2, -0.15) is 0 Å². The molecule has 3 unspecified atom stereocenters. The monoisotopic (exact) mass is 486 g/mol. The number of rotatable bonds is 3. The molecule has 1 amide bonds. The molecular weight excluding hydrogens is 468 g/mol.